The Morgan fingerprint density at radius 3 is 2.76 bits per heavy atom. The molecule has 2 amide bonds. The number of anilines is 1. The summed E-state index contributed by atoms with van der Waals surface area (Å²) in [5.41, 5.74) is 0.542. The molecule has 0 saturated carbocycles. The first-order valence-corrected chi connectivity index (χ1v) is 10.5. The number of halogens is 1. The number of aryl methyl sites for hydroxylation is 1. The van der Waals surface area contributed by atoms with Crippen molar-refractivity contribution < 1.29 is 18.7 Å². The minimum atomic E-state index is -0.479. The highest BCUT2D eigenvalue weighted by Gasteiger charge is 2.20. The van der Waals surface area contributed by atoms with E-state index in [1.54, 1.807) is 59.5 Å². The second kappa shape index (κ2) is 10.0. The van der Waals surface area contributed by atoms with Crippen molar-refractivity contribution in [1.29, 1.82) is 0 Å². The monoisotopic (exact) mass is 468 g/mol. The smallest absolute Gasteiger partial charge is 0.276 e. The SMILES string of the molecule is CCn1cc(NC(=O)c2ccn(COc3cccc(Cl)c3)n2)c(C(=O)NCc2ccco2)n1. The standard InChI is InChI=1S/C22H21ClN6O4/c1-2-28-13-19(20(27-28)22(31)24-12-17-7-4-10-32-17)25-21(30)18-8-9-29(26-18)14-33-16-6-3-5-15(23)11-16/h3-11,13H,2,12,14H2,1H3,(H,24,31)(H,25,30). The van der Waals surface area contributed by atoms with Gasteiger partial charge in [0, 0.05) is 24.0 Å². The molecule has 0 aliphatic rings. The summed E-state index contributed by atoms with van der Waals surface area (Å²) in [6, 6.07) is 12.0. The number of furan rings is 1. The zero-order valence-corrected chi connectivity index (χ0v) is 18.5. The van der Waals surface area contributed by atoms with E-state index in [9.17, 15) is 9.59 Å². The van der Waals surface area contributed by atoms with Gasteiger partial charge in [0.1, 0.15) is 11.5 Å². The zero-order valence-electron chi connectivity index (χ0n) is 17.7. The molecule has 0 unspecified atom stereocenters. The average Bonchev–Trinajstić information content (AvgIpc) is 3.57. The fourth-order valence-corrected chi connectivity index (χ4v) is 3.13. The van der Waals surface area contributed by atoms with Crippen molar-refractivity contribution in [3.63, 3.8) is 0 Å². The van der Waals surface area contributed by atoms with Gasteiger partial charge in [-0.05, 0) is 43.3 Å². The van der Waals surface area contributed by atoms with E-state index in [2.05, 4.69) is 20.8 Å². The van der Waals surface area contributed by atoms with Crippen LogP contribution in [-0.2, 0) is 19.8 Å². The minimum Gasteiger partial charge on any atom is -0.471 e. The Morgan fingerprint density at radius 2 is 2.00 bits per heavy atom. The molecule has 0 saturated heterocycles. The van der Waals surface area contributed by atoms with Crippen LogP contribution in [0.25, 0.3) is 0 Å². The van der Waals surface area contributed by atoms with Crippen molar-refractivity contribution in [2.75, 3.05) is 5.32 Å². The van der Waals surface area contributed by atoms with E-state index >= 15 is 0 Å². The number of amides is 2. The van der Waals surface area contributed by atoms with E-state index in [1.807, 2.05) is 6.92 Å². The van der Waals surface area contributed by atoms with E-state index in [0.29, 0.717) is 23.1 Å². The van der Waals surface area contributed by atoms with Gasteiger partial charge in [0.05, 0.1) is 18.5 Å². The maximum atomic E-state index is 12.7. The van der Waals surface area contributed by atoms with Gasteiger partial charge in [-0.2, -0.15) is 10.2 Å². The van der Waals surface area contributed by atoms with Gasteiger partial charge in [-0.25, -0.2) is 4.68 Å². The van der Waals surface area contributed by atoms with Crippen LogP contribution in [0.4, 0.5) is 5.69 Å². The zero-order chi connectivity index (χ0) is 23.2. The minimum absolute atomic E-state index is 0.0977. The molecule has 2 N–H and O–H groups in total. The molecule has 4 aromatic rings. The predicted molar refractivity (Wildman–Crippen MR) is 120 cm³/mol. The highest BCUT2D eigenvalue weighted by atomic mass is 35.5. The third kappa shape index (κ3) is 5.60. The van der Waals surface area contributed by atoms with E-state index in [4.69, 9.17) is 20.8 Å². The van der Waals surface area contributed by atoms with Gasteiger partial charge < -0.3 is 19.8 Å². The molecule has 4 rings (SSSR count). The first-order chi connectivity index (χ1) is 16.0. The summed E-state index contributed by atoms with van der Waals surface area (Å²) in [6.07, 6.45) is 4.74. The predicted octanol–water partition coefficient (Wildman–Crippen LogP) is 3.56. The molecule has 170 valence electrons. The number of ether oxygens (including phenoxy) is 1. The maximum Gasteiger partial charge on any atom is 0.276 e. The molecule has 11 heteroatoms. The molecular formula is C22H21ClN6O4. The number of rotatable bonds is 9. The largest absolute Gasteiger partial charge is 0.471 e. The van der Waals surface area contributed by atoms with Gasteiger partial charge in [0.25, 0.3) is 11.8 Å². The van der Waals surface area contributed by atoms with Gasteiger partial charge in [0.15, 0.2) is 18.1 Å². The second-order valence-corrected chi connectivity index (χ2v) is 7.37. The number of nitrogens with zero attached hydrogens (tertiary/aromatic N) is 4. The van der Waals surface area contributed by atoms with Crippen LogP contribution in [0.3, 0.4) is 0 Å². The lowest BCUT2D eigenvalue weighted by atomic mass is 10.3. The Balaban J connectivity index is 1.40. The fourth-order valence-electron chi connectivity index (χ4n) is 2.95. The van der Waals surface area contributed by atoms with Gasteiger partial charge in [-0.3, -0.25) is 14.3 Å². The molecule has 0 aliphatic heterocycles. The van der Waals surface area contributed by atoms with Crippen molar-refractivity contribution in [3.8, 4) is 5.75 Å². The second-order valence-electron chi connectivity index (χ2n) is 6.93. The van der Waals surface area contributed by atoms with E-state index in [0.717, 1.165) is 0 Å². The number of carbonyl (C=O) groups excluding carboxylic acids is 2. The molecule has 10 nitrogen and oxygen atoms in total. The van der Waals surface area contributed by atoms with Crippen molar-refractivity contribution in [2.24, 2.45) is 0 Å². The highest BCUT2D eigenvalue weighted by Crippen LogP contribution is 2.18. The van der Waals surface area contributed by atoms with Crippen LogP contribution in [-0.4, -0.2) is 31.4 Å². The van der Waals surface area contributed by atoms with E-state index in [-0.39, 0.29) is 30.4 Å². The maximum absolute atomic E-state index is 12.7. The number of nitrogens with one attached hydrogen (secondary N) is 2. The van der Waals surface area contributed by atoms with Crippen LogP contribution < -0.4 is 15.4 Å². The van der Waals surface area contributed by atoms with Crippen molar-refractivity contribution >= 4 is 29.1 Å². The molecule has 0 spiro atoms. The molecule has 0 aliphatic carbocycles. The summed E-state index contributed by atoms with van der Waals surface area (Å²) in [7, 11) is 0. The summed E-state index contributed by atoms with van der Waals surface area (Å²) in [5, 5.41) is 14.5. The summed E-state index contributed by atoms with van der Waals surface area (Å²) < 4.78 is 13.9. The van der Waals surface area contributed by atoms with Crippen LogP contribution in [0.15, 0.2) is 65.5 Å². The molecule has 0 fully saturated rings. The Hall–Kier alpha value is -4.05. The van der Waals surface area contributed by atoms with Crippen LogP contribution in [0.2, 0.25) is 5.02 Å². The molecule has 3 heterocycles. The molecule has 3 aromatic heterocycles. The third-order valence-electron chi connectivity index (χ3n) is 4.59. The fraction of sp³-hybridized carbons (Fsp3) is 0.182. The van der Waals surface area contributed by atoms with E-state index < -0.39 is 11.8 Å². The third-order valence-corrected chi connectivity index (χ3v) is 4.82. The van der Waals surface area contributed by atoms with Gasteiger partial charge >= 0.3 is 0 Å². The molecule has 0 radical (unpaired) electrons. The Morgan fingerprint density at radius 1 is 1.12 bits per heavy atom. The van der Waals surface area contributed by atoms with E-state index in [1.165, 1.54) is 10.9 Å². The lowest BCUT2D eigenvalue weighted by molar-refractivity contribution is 0.0943. The number of aromatic nitrogens is 4. The molecular weight excluding hydrogens is 448 g/mol. The van der Waals surface area contributed by atoms with Crippen LogP contribution >= 0.6 is 11.6 Å². The summed E-state index contributed by atoms with van der Waals surface area (Å²) in [6.45, 7) is 2.71. The van der Waals surface area contributed by atoms with Crippen molar-refractivity contribution in [1.82, 2.24) is 24.9 Å². The van der Waals surface area contributed by atoms with Crippen molar-refractivity contribution in [2.45, 2.75) is 26.7 Å². The Bertz CT molecular complexity index is 1250. The van der Waals surface area contributed by atoms with Gasteiger partial charge in [-0.1, -0.05) is 17.7 Å². The first-order valence-electron chi connectivity index (χ1n) is 10.1. The molecule has 1 aromatic carbocycles. The molecule has 0 bridgehead atoms. The summed E-state index contributed by atoms with van der Waals surface area (Å²) in [4.78, 5) is 25.4. The number of carbonyl (C=O) groups is 2. The lowest BCUT2D eigenvalue weighted by Gasteiger charge is -2.06. The topological polar surface area (TPSA) is 116 Å². The lowest BCUT2D eigenvalue weighted by Crippen LogP contribution is -2.25. The molecule has 0 atom stereocenters. The highest BCUT2D eigenvalue weighted by molar-refractivity contribution is 6.30. The quantitative estimate of drug-likeness (QED) is 0.388. The van der Waals surface area contributed by atoms with Crippen LogP contribution in [0, 0.1) is 0 Å². The Kier molecular flexibility index (Phi) is 6.75. The van der Waals surface area contributed by atoms with Gasteiger partial charge in [-0.15, -0.1) is 0 Å². The molecule has 33 heavy (non-hydrogen) atoms. The first kappa shape index (κ1) is 22.2. The normalized spacial score (nSPS) is 10.7. The van der Waals surface area contributed by atoms with Crippen LogP contribution in [0.1, 0.15) is 33.7 Å². The summed E-state index contributed by atoms with van der Waals surface area (Å²) >= 11 is 5.95. The number of benzene rings is 1. The van der Waals surface area contributed by atoms with Gasteiger partial charge in [0.2, 0.25) is 0 Å². The van der Waals surface area contributed by atoms with Crippen LogP contribution in [0.5, 0.6) is 5.75 Å². The van der Waals surface area contributed by atoms with Crippen molar-refractivity contribution in [3.05, 3.63) is 83.3 Å². The number of hydrogen-bond acceptors (Lipinski definition) is 6. The number of hydrogen-bond donors (Lipinski definition) is 2. The Labute approximate surface area is 194 Å². The summed E-state index contributed by atoms with van der Waals surface area (Å²) in [5.74, 6) is 0.275. The average molecular weight is 469 g/mol.